The summed E-state index contributed by atoms with van der Waals surface area (Å²) in [7, 11) is 0. The molecule has 0 radical (unpaired) electrons. The predicted octanol–water partition coefficient (Wildman–Crippen LogP) is 3.79. The summed E-state index contributed by atoms with van der Waals surface area (Å²) in [6.07, 6.45) is 1.19. The molecule has 3 rings (SSSR count). The maximum absolute atomic E-state index is 12.9. The zero-order valence-electron chi connectivity index (χ0n) is 10.7. The molecule has 3 heteroatoms. The number of halogens is 2. The first-order valence-electron chi connectivity index (χ1n) is 6.69. The number of aryl methyl sites for hydroxylation is 1. The second-order valence-corrected chi connectivity index (χ2v) is 5.96. The Kier molecular flexibility index (Phi) is 2.89. The SMILES string of the molecule is Cc1ccc(C2CCC3(CNC3)C2)cc1C(F)F. The van der Waals surface area contributed by atoms with E-state index in [0.717, 1.165) is 31.5 Å². The normalized spacial score (nSPS) is 25.7. The van der Waals surface area contributed by atoms with Crippen LogP contribution in [0, 0.1) is 12.3 Å². The van der Waals surface area contributed by atoms with Crippen LogP contribution in [0.2, 0.25) is 0 Å². The van der Waals surface area contributed by atoms with Crippen LogP contribution in [0.5, 0.6) is 0 Å². The van der Waals surface area contributed by atoms with Crippen molar-refractivity contribution in [3.8, 4) is 0 Å². The Bertz CT molecular complexity index is 452. The van der Waals surface area contributed by atoms with Crippen molar-refractivity contribution in [1.82, 2.24) is 5.32 Å². The second kappa shape index (κ2) is 4.30. The molecular weight excluding hydrogens is 232 g/mol. The first-order chi connectivity index (χ1) is 8.60. The van der Waals surface area contributed by atoms with Gasteiger partial charge in [-0.15, -0.1) is 0 Å². The highest BCUT2D eigenvalue weighted by atomic mass is 19.3. The quantitative estimate of drug-likeness (QED) is 0.843. The molecule has 0 aromatic heterocycles. The van der Waals surface area contributed by atoms with Gasteiger partial charge in [-0.05, 0) is 54.7 Å². The van der Waals surface area contributed by atoms with Gasteiger partial charge in [0.25, 0.3) is 6.43 Å². The molecule has 1 aliphatic heterocycles. The molecule has 0 amide bonds. The molecule has 1 aromatic carbocycles. The zero-order chi connectivity index (χ0) is 12.8. The van der Waals surface area contributed by atoms with Crippen LogP contribution in [0.25, 0.3) is 0 Å². The van der Waals surface area contributed by atoms with Crippen LogP contribution in [0.4, 0.5) is 8.78 Å². The van der Waals surface area contributed by atoms with Gasteiger partial charge in [0.1, 0.15) is 0 Å². The highest BCUT2D eigenvalue weighted by Gasteiger charge is 2.43. The van der Waals surface area contributed by atoms with Crippen molar-refractivity contribution >= 4 is 0 Å². The van der Waals surface area contributed by atoms with Crippen LogP contribution < -0.4 is 5.32 Å². The van der Waals surface area contributed by atoms with Crippen LogP contribution in [0.3, 0.4) is 0 Å². The topological polar surface area (TPSA) is 12.0 Å². The summed E-state index contributed by atoms with van der Waals surface area (Å²) in [6.45, 7) is 3.98. The van der Waals surface area contributed by atoms with Crippen molar-refractivity contribution in [2.45, 2.75) is 38.5 Å². The van der Waals surface area contributed by atoms with Crippen molar-refractivity contribution in [3.63, 3.8) is 0 Å². The fourth-order valence-corrected chi connectivity index (χ4v) is 3.44. The molecule has 1 saturated carbocycles. The molecule has 1 heterocycles. The molecule has 98 valence electrons. The summed E-state index contributed by atoms with van der Waals surface area (Å²) in [5.74, 6) is 0.477. The first-order valence-corrected chi connectivity index (χ1v) is 6.69. The summed E-state index contributed by atoms with van der Waals surface area (Å²) >= 11 is 0. The molecule has 1 nitrogen and oxygen atoms in total. The molecule has 2 aliphatic rings. The molecule has 0 bridgehead atoms. The van der Waals surface area contributed by atoms with E-state index in [4.69, 9.17) is 0 Å². The van der Waals surface area contributed by atoms with E-state index in [2.05, 4.69) is 5.32 Å². The lowest BCUT2D eigenvalue weighted by Crippen LogP contribution is -2.51. The van der Waals surface area contributed by atoms with Gasteiger partial charge in [0.15, 0.2) is 0 Å². The third-order valence-corrected chi connectivity index (χ3v) is 4.71. The molecule has 1 aromatic rings. The van der Waals surface area contributed by atoms with E-state index in [1.165, 1.54) is 6.42 Å². The Morgan fingerprint density at radius 3 is 2.67 bits per heavy atom. The number of rotatable bonds is 2. The van der Waals surface area contributed by atoms with Gasteiger partial charge in [-0.1, -0.05) is 12.1 Å². The van der Waals surface area contributed by atoms with Gasteiger partial charge < -0.3 is 5.32 Å². The lowest BCUT2D eigenvalue weighted by atomic mass is 9.79. The highest BCUT2D eigenvalue weighted by molar-refractivity contribution is 5.34. The zero-order valence-corrected chi connectivity index (χ0v) is 10.7. The second-order valence-electron chi connectivity index (χ2n) is 5.96. The Morgan fingerprint density at radius 2 is 2.11 bits per heavy atom. The van der Waals surface area contributed by atoms with E-state index in [9.17, 15) is 8.78 Å². The molecular formula is C15H19F2N. The molecule has 1 aliphatic carbocycles. The van der Waals surface area contributed by atoms with Crippen molar-refractivity contribution in [2.75, 3.05) is 13.1 Å². The van der Waals surface area contributed by atoms with Gasteiger partial charge in [-0.2, -0.15) is 0 Å². The van der Waals surface area contributed by atoms with Crippen LogP contribution >= 0.6 is 0 Å². The molecule has 1 saturated heterocycles. The summed E-state index contributed by atoms with van der Waals surface area (Å²) in [5.41, 5.74) is 2.49. The van der Waals surface area contributed by atoms with E-state index in [1.54, 1.807) is 13.0 Å². The Balaban J connectivity index is 1.82. The first kappa shape index (κ1) is 12.1. The molecule has 18 heavy (non-hydrogen) atoms. The minimum absolute atomic E-state index is 0.209. The summed E-state index contributed by atoms with van der Waals surface area (Å²) in [5, 5.41) is 3.33. The van der Waals surface area contributed by atoms with Gasteiger partial charge >= 0.3 is 0 Å². The third kappa shape index (κ3) is 1.95. The fourth-order valence-electron chi connectivity index (χ4n) is 3.44. The number of hydrogen-bond donors (Lipinski definition) is 1. The summed E-state index contributed by atoms with van der Waals surface area (Å²) in [4.78, 5) is 0. The Morgan fingerprint density at radius 1 is 1.33 bits per heavy atom. The van der Waals surface area contributed by atoms with Gasteiger partial charge in [-0.25, -0.2) is 8.78 Å². The van der Waals surface area contributed by atoms with Crippen LogP contribution in [0.15, 0.2) is 18.2 Å². The van der Waals surface area contributed by atoms with Crippen LogP contribution in [-0.2, 0) is 0 Å². The van der Waals surface area contributed by atoms with Gasteiger partial charge in [0.05, 0.1) is 0 Å². The minimum atomic E-state index is -2.36. The monoisotopic (exact) mass is 251 g/mol. The number of hydrogen-bond acceptors (Lipinski definition) is 1. The average molecular weight is 251 g/mol. The predicted molar refractivity (Wildman–Crippen MR) is 68.0 cm³/mol. The molecule has 1 spiro atoms. The van der Waals surface area contributed by atoms with Crippen molar-refractivity contribution in [1.29, 1.82) is 0 Å². The van der Waals surface area contributed by atoms with Crippen LogP contribution in [-0.4, -0.2) is 13.1 Å². The Hall–Kier alpha value is -0.960. The number of nitrogens with one attached hydrogen (secondary N) is 1. The number of alkyl halides is 2. The van der Waals surface area contributed by atoms with Gasteiger partial charge in [0.2, 0.25) is 0 Å². The van der Waals surface area contributed by atoms with Gasteiger partial charge in [0, 0.05) is 18.7 Å². The lowest BCUT2D eigenvalue weighted by molar-refractivity contribution is 0.150. The minimum Gasteiger partial charge on any atom is -0.316 e. The standard InChI is InChI=1S/C15H19F2N/c1-10-2-3-11(6-13(10)14(16)17)12-4-5-15(7-12)8-18-9-15/h2-3,6,12,14,18H,4-5,7-9H2,1H3. The molecule has 1 unspecified atom stereocenters. The van der Waals surface area contributed by atoms with Crippen molar-refractivity contribution < 1.29 is 8.78 Å². The maximum atomic E-state index is 12.9. The Labute approximate surface area is 107 Å². The summed E-state index contributed by atoms with van der Waals surface area (Å²) in [6, 6.07) is 5.62. The largest absolute Gasteiger partial charge is 0.316 e. The van der Waals surface area contributed by atoms with Crippen molar-refractivity contribution in [3.05, 3.63) is 34.9 Å². The molecule has 1 atom stereocenters. The van der Waals surface area contributed by atoms with E-state index in [-0.39, 0.29) is 5.56 Å². The fraction of sp³-hybridized carbons (Fsp3) is 0.600. The average Bonchev–Trinajstić information content (AvgIpc) is 2.74. The molecule has 2 fully saturated rings. The van der Waals surface area contributed by atoms with E-state index in [1.807, 2.05) is 12.1 Å². The lowest BCUT2D eigenvalue weighted by Gasteiger charge is -2.39. The van der Waals surface area contributed by atoms with Crippen LogP contribution in [0.1, 0.15) is 48.3 Å². The number of benzene rings is 1. The highest BCUT2D eigenvalue weighted by Crippen LogP contribution is 2.49. The van der Waals surface area contributed by atoms with E-state index < -0.39 is 6.43 Å². The van der Waals surface area contributed by atoms with E-state index >= 15 is 0 Å². The smallest absolute Gasteiger partial charge is 0.264 e. The van der Waals surface area contributed by atoms with Crippen molar-refractivity contribution in [2.24, 2.45) is 5.41 Å². The maximum Gasteiger partial charge on any atom is 0.264 e. The van der Waals surface area contributed by atoms with Gasteiger partial charge in [-0.3, -0.25) is 0 Å². The third-order valence-electron chi connectivity index (χ3n) is 4.71. The molecule has 1 N–H and O–H groups in total. The summed E-state index contributed by atoms with van der Waals surface area (Å²) < 4.78 is 25.8. The van der Waals surface area contributed by atoms with E-state index in [0.29, 0.717) is 16.9 Å².